The van der Waals surface area contributed by atoms with Gasteiger partial charge in [0.1, 0.15) is 0 Å². The summed E-state index contributed by atoms with van der Waals surface area (Å²) >= 11 is 6.67. The maximum Gasteiger partial charge on any atom is 0.186 e. The Kier molecular flexibility index (Phi) is 4.67. The van der Waals surface area contributed by atoms with Gasteiger partial charge in [-0.3, -0.25) is 4.79 Å². The third-order valence-corrected chi connectivity index (χ3v) is 2.51. The molecule has 0 heterocycles. The molecule has 0 aliphatic rings. The first-order valence-electron chi connectivity index (χ1n) is 4.17. The summed E-state index contributed by atoms with van der Waals surface area (Å²) in [4.78, 5) is 10.6. The van der Waals surface area contributed by atoms with Crippen LogP contribution in [-0.2, 0) is 4.79 Å². The van der Waals surface area contributed by atoms with Crippen molar-refractivity contribution in [1.82, 2.24) is 0 Å². The van der Waals surface area contributed by atoms with Gasteiger partial charge in [0.2, 0.25) is 0 Å². The van der Waals surface area contributed by atoms with Gasteiger partial charge < -0.3 is 0 Å². The normalized spacial score (nSPS) is 9.27. The van der Waals surface area contributed by atoms with Gasteiger partial charge in [0.05, 0.1) is 16.3 Å². The lowest BCUT2D eigenvalue weighted by Gasteiger charge is -1.95. The fourth-order valence-corrected chi connectivity index (χ4v) is 1.39. The van der Waals surface area contributed by atoms with Crippen LogP contribution < -0.4 is 0 Å². The first-order valence-corrected chi connectivity index (χ1v) is 5.54. The van der Waals surface area contributed by atoms with E-state index in [1.165, 1.54) is 13.0 Å². The van der Waals surface area contributed by atoms with Crippen molar-refractivity contribution in [3.8, 4) is 11.8 Å². The van der Waals surface area contributed by atoms with Crippen LogP contribution in [0.3, 0.4) is 0 Å². The zero-order valence-electron chi connectivity index (χ0n) is 8.01. The molecule has 15 heavy (non-hydrogen) atoms. The van der Waals surface area contributed by atoms with Crippen LogP contribution in [0.2, 0.25) is 5.02 Å². The van der Waals surface area contributed by atoms with Crippen LogP contribution in [0.15, 0.2) is 18.2 Å². The lowest BCUT2D eigenvalue weighted by Crippen LogP contribution is -1.85. The Morgan fingerprint density at radius 3 is 3.00 bits per heavy atom. The van der Waals surface area contributed by atoms with Crippen molar-refractivity contribution in [2.45, 2.75) is 6.92 Å². The van der Waals surface area contributed by atoms with Gasteiger partial charge in [0, 0.05) is 6.92 Å². The lowest BCUT2D eigenvalue weighted by atomic mass is 10.2. The van der Waals surface area contributed by atoms with Gasteiger partial charge in [-0.1, -0.05) is 41.3 Å². The molecule has 0 fully saturated rings. The molecule has 1 aromatic rings. The van der Waals surface area contributed by atoms with Crippen LogP contribution in [0.25, 0.3) is 0 Å². The third-order valence-electron chi connectivity index (χ3n) is 1.52. The minimum atomic E-state index is -0.514. The van der Waals surface area contributed by atoms with Gasteiger partial charge in [-0.15, -0.1) is 0 Å². The molecule has 0 saturated heterocycles. The predicted molar refractivity (Wildman–Crippen MR) is 61.4 cm³/mol. The van der Waals surface area contributed by atoms with Crippen molar-refractivity contribution < 1.29 is 9.18 Å². The summed E-state index contributed by atoms with van der Waals surface area (Å²) in [7, 11) is 0. The highest BCUT2D eigenvalue weighted by atomic mass is 35.5. The van der Waals surface area contributed by atoms with Crippen molar-refractivity contribution in [2.24, 2.45) is 0 Å². The van der Waals surface area contributed by atoms with E-state index in [0.717, 1.165) is 11.8 Å². The van der Waals surface area contributed by atoms with E-state index < -0.39 is 5.82 Å². The van der Waals surface area contributed by atoms with Crippen LogP contribution in [0, 0.1) is 17.7 Å². The van der Waals surface area contributed by atoms with Crippen LogP contribution in [-0.4, -0.2) is 10.9 Å². The molecule has 0 radical (unpaired) electrons. The summed E-state index contributed by atoms with van der Waals surface area (Å²) in [5.74, 6) is 5.17. The number of halogens is 2. The highest BCUT2D eigenvalue weighted by Crippen LogP contribution is 2.16. The van der Waals surface area contributed by atoms with Crippen LogP contribution in [0.1, 0.15) is 12.5 Å². The molecule has 0 atom stereocenters. The summed E-state index contributed by atoms with van der Waals surface area (Å²) in [5, 5.41) is 0.0527. The summed E-state index contributed by atoms with van der Waals surface area (Å²) in [6, 6.07) is 4.65. The predicted octanol–water partition coefficient (Wildman–Crippen LogP) is 3.11. The number of hydrogen-bond donors (Lipinski definition) is 0. The fraction of sp³-hybridized carbons (Fsp3) is 0.182. The second kappa shape index (κ2) is 5.79. The maximum absolute atomic E-state index is 13.3. The van der Waals surface area contributed by atoms with Crippen LogP contribution in [0.4, 0.5) is 4.39 Å². The van der Waals surface area contributed by atoms with Crippen molar-refractivity contribution >= 4 is 28.5 Å². The summed E-state index contributed by atoms with van der Waals surface area (Å²) in [5.41, 5.74) is 0.256. The standard InChI is InChI=1S/C11H8ClFOS/c1-8(14)15-7-3-5-9-4-2-6-10(12)11(9)13/h2,4,6H,7H2,1H3. The highest BCUT2D eigenvalue weighted by Gasteiger charge is 2.02. The Morgan fingerprint density at radius 2 is 2.33 bits per heavy atom. The highest BCUT2D eigenvalue weighted by molar-refractivity contribution is 8.13. The van der Waals surface area contributed by atoms with Crippen molar-refractivity contribution in [3.05, 3.63) is 34.6 Å². The minimum absolute atomic E-state index is 0.00383. The number of rotatable bonds is 1. The van der Waals surface area contributed by atoms with Gasteiger partial charge in [-0.05, 0) is 12.1 Å². The molecule has 0 unspecified atom stereocenters. The average Bonchev–Trinajstić information content (AvgIpc) is 2.18. The van der Waals surface area contributed by atoms with E-state index in [4.69, 9.17) is 11.6 Å². The zero-order valence-corrected chi connectivity index (χ0v) is 9.58. The Balaban J connectivity index is 2.72. The van der Waals surface area contributed by atoms with Crippen molar-refractivity contribution in [2.75, 3.05) is 5.75 Å². The molecule has 0 aliphatic carbocycles. The molecular formula is C11H8ClFOS. The summed E-state index contributed by atoms with van der Waals surface area (Å²) in [6.07, 6.45) is 0. The number of hydrogen-bond acceptors (Lipinski definition) is 2. The second-order valence-corrected chi connectivity index (χ2v) is 4.24. The molecule has 4 heteroatoms. The molecule has 1 nitrogen and oxygen atoms in total. The largest absolute Gasteiger partial charge is 0.288 e. The lowest BCUT2D eigenvalue weighted by molar-refractivity contribution is -0.109. The van der Waals surface area contributed by atoms with Gasteiger partial charge in [-0.2, -0.15) is 0 Å². The molecule has 0 aliphatic heterocycles. The molecule has 0 spiro atoms. The number of benzene rings is 1. The molecule has 0 bridgehead atoms. The maximum atomic E-state index is 13.3. The molecule has 1 rings (SSSR count). The SMILES string of the molecule is CC(=O)SCC#Cc1cccc(Cl)c1F. The van der Waals surface area contributed by atoms with Gasteiger partial charge >= 0.3 is 0 Å². The van der Waals surface area contributed by atoms with Crippen molar-refractivity contribution in [1.29, 1.82) is 0 Å². The first-order chi connectivity index (χ1) is 7.11. The number of carbonyl (C=O) groups is 1. The quantitative estimate of drug-likeness (QED) is 0.704. The molecule has 1 aromatic carbocycles. The van der Waals surface area contributed by atoms with E-state index in [2.05, 4.69) is 11.8 Å². The van der Waals surface area contributed by atoms with E-state index in [-0.39, 0.29) is 15.7 Å². The summed E-state index contributed by atoms with van der Waals surface area (Å²) < 4.78 is 13.3. The zero-order chi connectivity index (χ0) is 11.3. The van der Waals surface area contributed by atoms with E-state index in [0.29, 0.717) is 5.75 Å². The molecule has 0 amide bonds. The third kappa shape index (κ3) is 3.94. The molecule has 0 saturated carbocycles. The molecular weight excluding hydrogens is 235 g/mol. The van der Waals surface area contributed by atoms with Crippen molar-refractivity contribution in [3.63, 3.8) is 0 Å². The monoisotopic (exact) mass is 242 g/mol. The molecule has 0 N–H and O–H groups in total. The van der Waals surface area contributed by atoms with E-state index in [1.54, 1.807) is 12.1 Å². The second-order valence-electron chi connectivity index (χ2n) is 2.68. The van der Waals surface area contributed by atoms with Gasteiger partial charge in [0.15, 0.2) is 10.9 Å². The Labute approximate surface area is 97.0 Å². The van der Waals surface area contributed by atoms with Gasteiger partial charge in [0.25, 0.3) is 0 Å². The Bertz CT molecular complexity index is 434. The molecule has 0 aromatic heterocycles. The smallest absolute Gasteiger partial charge is 0.186 e. The van der Waals surface area contributed by atoms with Crippen LogP contribution >= 0.6 is 23.4 Å². The number of thioether (sulfide) groups is 1. The minimum Gasteiger partial charge on any atom is -0.288 e. The average molecular weight is 243 g/mol. The summed E-state index contributed by atoms with van der Waals surface area (Å²) in [6.45, 7) is 1.46. The fourth-order valence-electron chi connectivity index (χ4n) is 0.869. The number of carbonyl (C=O) groups excluding carboxylic acids is 1. The first kappa shape index (κ1) is 12.1. The Hall–Kier alpha value is -0.980. The van der Waals surface area contributed by atoms with Crippen LogP contribution in [0.5, 0.6) is 0 Å². The topological polar surface area (TPSA) is 17.1 Å². The van der Waals surface area contributed by atoms with Gasteiger partial charge in [-0.25, -0.2) is 4.39 Å². The van der Waals surface area contributed by atoms with E-state index >= 15 is 0 Å². The molecule has 78 valence electrons. The Morgan fingerprint density at radius 1 is 1.60 bits per heavy atom. The van der Waals surface area contributed by atoms with E-state index in [1.807, 2.05) is 0 Å². The van der Waals surface area contributed by atoms with E-state index in [9.17, 15) is 9.18 Å².